The molecule has 0 aliphatic carbocycles. The first-order chi connectivity index (χ1) is 9.55. The summed E-state index contributed by atoms with van der Waals surface area (Å²) in [6.45, 7) is 4.94. The fourth-order valence-electron chi connectivity index (χ4n) is 2.54. The van der Waals surface area contributed by atoms with Crippen molar-refractivity contribution in [3.05, 3.63) is 42.9 Å². The molecule has 1 fully saturated rings. The van der Waals surface area contributed by atoms with Crippen LogP contribution in [0.4, 0.5) is 5.82 Å². The summed E-state index contributed by atoms with van der Waals surface area (Å²) in [5.41, 5.74) is 2.06. The largest absolute Gasteiger partial charge is 0.296 e. The third kappa shape index (κ3) is 2.41. The lowest BCUT2D eigenvalue weighted by atomic mass is 9.93. The number of nitrogens with zero attached hydrogens (tertiary/aromatic N) is 3. The van der Waals surface area contributed by atoms with Crippen LogP contribution >= 0.6 is 0 Å². The van der Waals surface area contributed by atoms with Gasteiger partial charge in [0.15, 0.2) is 0 Å². The van der Waals surface area contributed by atoms with Crippen LogP contribution in [0.1, 0.15) is 20.3 Å². The smallest absolute Gasteiger partial charge is 0.228 e. The van der Waals surface area contributed by atoms with Crippen LogP contribution in [0.3, 0.4) is 0 Å². The second-order valence-corrected chi connectivity index (χ2v) is 5.97. The van der Waals surface area contributed by atoms with Gasteiger partial charge in [0.25, 0.3) is 0 Å². The van der Waals surface area contributed by atoms with Gasteiger partial charge in [0.05, 0.1) is 0 Å². The van der Waals surface area contributed by atoms with Gasteiger partial charge >= 0.3 is 0 Å². The van der Waals surface area contributed by atoms with Crippen molar-refractivity contribution in [3.63, 3.8) is 0 Å². The van der Waals surface area contributed by atoms with Crippen molar-refractivity contribution in [2.45, 2.75) is 20.3 Å². The Balaban J connectivity index is 1.86. The Hall–Kier alpha value is -2.23. The van der Waals surface area contributed by atoms with Crippen LogP contribution in [0.25, 0.3) is 11.1 Å². The SMILES string of the molecule is CC1(C)CC(=O)N(c2ccc(-c3cccnc3)cn2)C1. The molecule has 3 rings (SSSR count). The third-order valence-electron chi connectivity index (χ3n) is 3.54. The summed E-state index contributed by atoms with van der Waals surface area (Å²) >= 11 is 0. The quantitative estimate of drug-likeness (QED) is 0.840. The van der Waals surface area contributed by atoms with E-state index in [4.69, 9.17) is 0 Å². The van der Waals surface area contributed by atoms with Gasteiger partial charge in [-0.2, -0.15) is 0 Å². The van der Waals surface area contributed by atoms with Crippen LogP contribution in [0.2, 0.25) is 0 Å². The van der Waals surface area contributed by atoms with Crippen molar-refractivity contribution in [1.29, 1.82) is 0 Å². The van der Waals surface area contributed by atoms with Crippen molar-refractivity contribution < 1.29 is 4.79 Å². The van der Waals surface area contributed by atoms with Gasteiger partial charge in [0, 0.05) is 42.7 Å². The van der Waals surface area contributed by atoms with E-state index in [0.717, 1.165) is 23.5 Å². The first kappa shape index (κ1) is 12.8. The standard InChI is InChI=1S/C16H17N3O/c1-16(2)8-15(20)19(11-16)14-6-5-13(10-18-14)12-4-3-7-17-9-12/h3-7,9-10H,8,11H2,1-2H3. The molecule has 2 aromatic heterocycles. The van der Waals surface area contributed by atoms with Gasteiger partial charge in [0.1, 0.15) is 5.82 Å². The Morgan fingerprint density at radius 2 is 1.95 bits per heavy atom. The van der Waals surface area contributed by atoms with Crippen molar-refractivity contribution in [2.75, 3.05) is 11.4 Å². The fraction of sp³-hybridized carbons (Fsp3) is 0.312. The zero-order chi connectivity index (χ0) is 14.2. The van der Waals surface area contributed by atoms with E-state index in [9.17, 15) is 4.79 Å². The highest BCUT2D eigenvalue weighted by Crippen LogP contribution is 2.33. The summed E-state index contributed by atoms with van der Waals surface area (Å²) in [6, 6.07) is 7.78. The maximum absolute atomic E-state index is 12.0. The van der Waals surface area contributed by atoms with Crippen LogP contribution in [0.5, 0.6) is 0 Å². The normalized spacial score (nSPS) is 17.5. The molecule has 1 aliphatic rings. The summed E-state index contributed by atoms with van der Waals surface area (Å²) in [4.78, 5) is 22.3. The van der Waals surface area contributed by atoms with Gasteiger partial charge < -0.3 is 0 Å². The monoisotopic (exact) mass is 267 g/mol. The van der Waals surface area contributed by atoms with Crippen LogP contribution in [0, 0.1) is 5.41 Å². The van der Waals surface area contributed by atoms with Crippen molar-refractivity contribution in [3.8, 4) is 11.1 Å². The van der Waals surface area contributed by atoms with Gasteiger partial charge in [-0.15, -0.1) is 0 Å². The molecule has 20 heavy (non-hydrogen) atoms. The minimum absolute atomic E-state index is 0.0286. The van der Waals surface area contributed by atoms with Gasteiger partial charge in [-0.25, -0.2) is 4.98 Å². The molecule has 102 valence electrons. The molecule has 1 saturated heterocycles. The topological polar surface area (TPSA) is 46.1 Å². The highest BCUT2D eigenvalue weighted by atomic mass is 16.2. The molecule has 0 atom stereocenters. The molecule has 3 heterocycles. The maximum Gasteiger partial charge on any atom is 0.228 e. The predicted octanol–water partition coefficient (Wildman–Crippen LogP) is 2.91. The van der Waals surface area contributed by atoms with Gasteiger partial charge in [-0.05, 0) is 23.6 Å². The van der Waals surface area contributed by atoms with E-state index in [0.29, 0.717) is 6.42 Å². The molecule has 4 nitrogen and oxygen atoms in total. The van der Waals surface area contributed by atoms with E-state index in [1.165, 1.54) is 0 Å². The first-order valence-corrected chi connectivity index (χ1v) is 6.72. The number of amides is 1. The van der Waals surface area contributed by atoms with Gasteiger partial charge in [-0.3, -0.25) is 14.7 Å². The van der Waals surface area contributed by atoms with Crippen LogP contribution in [0.15, 0.2) is 42.9 Å². The van der Waals surface area contributed by atoms with Crippen molar-refractivity contribution >= 4 is 11.7 Å². The summed E-state index contributed by atoms with van der Waals surface area (Å²) in [5.74, 6) is 0.879. The molecule has 1 amide bonds. The van der Waals surface area contributed by atoms with Gasteiger partial charge in [-0.1, -0.05) is 19.9 Å². The van der Waals surface area contributed by atoms with Gasteiger partial charge in [0.2, 0.25) is 5.91 Å². The van der Waals surface area contributed by atoms with Crippen LogP contribution in [-0.4, -0.2) is 22.4 Å². The molecule has 0 aromatic carbocycles. The highest BCUT2D eigenvalue weighted by molar-refractivity contribution is 5.95. The molecule has 1 aliphatic heterocycles. The van der Waals surface area contributed by atoms with E-state index in [2.05, 4.69) is 23.8 Å². The summed E-state index contributed by atoms with van der Waals surface area (Å²) in [5, 5.41) is 0. The van der Waals surface area contributed by atoms with E-state index >= 15 is 0 Å². The molecular formula is C16H17N3O. The summed E-state index contributed by atoms with van der Waals surface area (Å²) in [6.07, 6.45) is 5.93. The van der Waals surface area contributed by atoms with E-state index < -0.39 is 0 Å². The minimum Gasteiger partial charge on any atom is -0.296 e. The second kappa shape index (κ2) is 4.71. The van der Waals surface area contributed by atoms with E-state index in [1.54, 1.807) is 23.5 Å². The summed E-state index contributed by atoms with van der Waals surface area (Å²) < 4.78 is 0. The number of carbonyl (C=O) groups excluding carboxylic acids is 1. The molecule has 0 saturated carbocycles. The minimum atomic E-state index is 0.0286. The average Bonchev–Trinajstić information content (AvgIpc) is 2.73. The Kier molecular flexibility index (Phi) is 3.01. The molecule has 0 spiro atoms. The Morgan fingerprint density at radius 3 is 2.50 bits per heavy atom. The van der Waals surface area contributed by atoms with Crippen molar-refractivity contribution in [1.82, 2.24) is 9.97 Å². The van der Waals surface area contributed by atoms with E-state index in [-0.39, 0.29) is 11.3 Å². The first-order valence-electron chi connectivity index (χ1n) is 6.72. The molecule has 0 bridgehead atoms. The van der Waals surface area contributed by atoms with Crippen LogP contribution < -0.4 is 4.90 Å². The lowest BCUT2D eigenvalue weighted by molar-refractivity contribution is -0.117. The molecule has 2 aromatic rings. The Bertz CT molecular complexity index is 620. The molecular weight excluding hydrogens is 250 g/mol. The number of aromatic nitrogens is 2. The average molecular weight is 267 g/mol. The fourth-order valence-corrected chi connectivity index (χ4v) is 2.54. The molecule has 4 heteroatoms. The van der Waals surface area contributed by atoms with Crippen molar-refractivity contribution in [2.24, 2.45) is 5.41 Å². The summed E-state index contributed by atoms with van der Waals surface area (Å²) in [7, 11) is 0. The lowest BCUT2D eigenvalue weighted by Crippen LogP contribution is -2.26. The number of hydrogen-bond donors (Lipinski definition) is 0. The molecule has 0 N–H and O–H groups in total. The Morgan fingerprint density at radius 1 is 1.15 bits per heavy atom. The number of anilines is 1. The second-order valence-electron chi connectivity index (χ2n) is 5.97. The number of rotatable bonds is 2. The number of carbonyl (C=O) groups is 1. The van der Waals surface area contributed by atoms with Crippen LogP contribution in [-0.2, 0) is 4.79 Å². The Labute approximate surface area is 118 Å². The number of hydrogen-bond acceptors (Lipinski definition) is 3. The highest BCUT2D eigenvalue weighted by Gasteiger charge is 2.36. The third-order valence-corrected chi connectivity index (χ3v) is 3.54. The zero-order valence-electron chi connectivity index (χ0n) is 11.7. The molecule has 0 unspecified atom stereocenters. The predicted molar refractivity (Wildman–Crippen MR) is 78.2 cm³/mol. The zero-order valence-corrected chi connectivity index (χ0v) is 11.7. The maximum atomic E-state index is 12.0. The number of pyridine rings is 2. The molecule has 0 radical (unpaired) electrons. The van der Waals surface area contributed by atoms with E-state index in [1.807, 2.05) is 24.3 Å². The lowest BCUT2D eigenvalue weighted by Gasteiger charge is -2.18.